The highest BCUT2D eigenvalue weighted by atomic mass is 16.3. The number of fused-ring (bicyclic) bond motifs is 7. The van der Waals surface area contributed by atoms with Crippen LogP contribution in [0.2, 0.25) is 0 Å². The Morgan fingerprint density at radius 1 is 0.905 bits per heavy atom. The molecule has 0 saturated carbocycles. The maximum Gasteiger partial charge on any atom is 0.157 e. The van der Waals surface area contributed by atoms with E-state index in [0.29, 0.717) is 0 Å². The van der Waals surface area contributed by atoms with Crippen LogP contribution < -0.4 is 0 Å². The van der Waals surface area contributed by atoms with Gasteiger partial charge < -0.3 is 8.98 Å². The number of nitrogens with zero attached hydrogens (tertiary/aromatic N) is 1. The number of hydrogen-bond donors (Lipinski definition) is 0. The third kappa shape index (κ3) is 1.19. The van der Waals surface area contributed by atoms with E-state index in [2.05, 4.69) is 61.0 Å². The zero-order valence-electron chi connectivity index (χ0n) is 12.1. The van der Waals surface area contributed by atoms with Crippen molar-refractivity contribution in [2.45, 2.75) is 19.3 Å². The molecule has 1 aliphatic heterocycles. The molecule has 0 unspecified atom stereocenters. The highest BCUT2D eigenvalue weighted by Gasteiger charge is 2.39. The van der Waals surface area contributed by atoms with Gasteiger partial charge >= 0.3 is 0 Å². The van der Waals surface area contributed by atoms with Crippen molar-refractivity contribution in [1.29, 1.82) is 0 Å². The summed E-state index contributed by atoms with van der Waals surface area (Å²) in [7, 11) is 0. The van der Waals surface area contributed by atoms with Gasteiger partial charge in [0, 0.05) is 28.1 Å². The van der Waals surface area contributed by atoms with Crippen LogP contribution in [0.3, 0.4) is 0 Å². The molecule has 0 fully saturated rings. The normalized spacial score (nSPS) is 15.5. The molecule has 0 amide bonds. The van der Waals surface area contributed by atoms with E-state index in [4.69, 9.17) is 4.42 Å². The minimum absolute atomic E-state index is 0.0355. The third-order valence-electron chi connectivity index (χ3n) is 4.78. The van der Waals surface area contributed by atoms with Gasteiger partial charge in [0.2, 0.25) is 0 Å². The monoisotopic (exact) mass is 273 g/mol. The van der Waals surface area contributed by atoms with Crippen LogP contribution in [0.1, 0.15) is 25.1 Å². The van der Waals surface area contributed by atoms with Crippen molar-refractivity contribution in [2.24, 2.45) is 0 Å². The summed E-state index contributed by atoms with van der Waals surface area (Å²) >= 11 is 0. The van der Waals surface area contributed by atoms with Crippen LogP contribution in [0.15, 0.2) is 59.1 Å². The molecule has 102 valence electrons. The number of furan rings is 1. The Balaban J connectivity index is 1.99. The van der Waals surface area contributed by atoms with Gasteiger partial charge in [0.25, 0.3) is 0 Å². The summed E-state index contributed by atoms with van der Waals surface area (Å²) in [4.78, 5) is 0. The van der Waals surface area contributed by atoms with Crippen LogP contribution >= 0.6 is 0 Å². The average Bonchev–Trinajstić information content (AvgIpc) is 3.08. The van der Waals surface area contributed by atoms with Crippen molar-refractivity contribution in [3.05, 3.63) is 66.0 Å². The molecule has 5 rings (SSSR count). The van der Waals surface area contributed by atoms with Gasteiger partial charge in [-0.15, -0.1) is 0 Å². The average molecular weight is 273 g/mol. The van der Waals surface area contributed by atoms with Crippen LogP contribution in [0.25, 0.3) is 27.6 Å². The lowest BCUT2D eigenvalue weighted by Gasteiger charge is -2.18. The van der Waals surface area contributed by atoms with E-state index in [1.165, 1.54) is 27.7 Å². The lowest BCUT2D eigenvalue weighted by Crippen LogP contribution is -2.15. The third-order valence-corrected chi connectivity index (χ3v) is 4.78. The second kappa shape index (κ2) is 3.40. The first-order chi connectivity index (χ1) is 10.2. The SMILES string of the molecule is CC1(C)c2ccccc2-n2cc3c(oc4ccccc43)c21. The van der Waals surface area contributed by atoms with E-state index < -0.39 is 0 Å². The molecule has 0 spiro atoms. The van der Waals surface area contributed by atoms with E-state index in [1.807, 2.05) is 12.1 Å². The molecule has 4 aromatic rings. The van der Waals surface area contributed by atoms with Crippen molar-refractivity contribution in [1.82, 2.24) is 4.57 Å². The van der Waals surface area contributed by atoms with Crippen molar-refractivity contribution >= 4 is 21.9 Å². The van der Waals surface area contributed by atoms with Gasteiger partial charge in [-0.1, -0.05) is 36.4 Å². The van der Waals surface area contributed by atoms with E-state index in [0.717, 1.165) is 11.2 Å². The molecule has 0 atom stereocenters. The van der Waals surface area contributed by atoms with Crippen LogP contribution in [0, 0.1) is 0 Å². The summed E-state index contributed by atoms with van der Waals surface area (Å²) in [6, 6.07) is 16.9. The highest BCUT2D eigenvalue weighted by molar-refractivity contribution is 6.07. The van der Waals surface area contributed by atoms with Crippen LogP contribution in [0.4, 0.5) is 0 Å². The van der Waals surface area contributed by atoms with Gasteiger partial charge in [-0.05, 0) is 31.5 Å². The van der Waals surface area contributed by atoms with Crippen LogP contribution in [-0.4, -0.2) is 4.57 Å². The van der Waals surface area contributed by atoms with Gasteiger partial charge in [-0.25, -0.2) is 0 Å². The summed E-state index contributed by atoms with van der Waals surface area (Å²) in [5, 5.41) is 2.41. The fourth-order valence-corrected chi connectivity index (χ4v) is 3.79. The lowest BCUT2D eigenvalue weighted by atomic mass is 9.83. The first-order valence-corrected chi connectivity index (χ1v) is 7.31. The predicted molar refractivity (Wildman–Crippen MR) is 85.2 cm³/mol. The summed E-state index contributed by atoms with van der Waals surface area (Å²) in [6.07, 6.45) is 2.23. The smallest absolute Gasteiger partial charge is 0.157 e. The minimum Gasteiger partial charge on any atom is -0.454 e. The van der Waals surface area contributed by atoms with E-state index in [9.17, 15) is 0 Å². The van der Waals surface area contributed by atoms with Crippen LogP contribution in [-0.2, 0) is 5.41 Å². The van der Waals surface area contributed by atoms with Crippen molar-refractivity contribution in [2.75, 3.05) is 0 Å². The largest absolute Gasteiger partial charge is 0.454 e. The lowest BCUT2D eigenvalue weighted by molar-refractivity contribution is 0.607. The highest BCUT2D eigenvalue weighted by Crippen LogP contribution is 2.48. The molecular formula is C19H15NO. The summed E-state index contributed by atoms with van der Waals surface area (Å²) < 4.78 is 8.48. The molecule has 0 radical (unpaired) electrons. The molecule has 21 heavy (non-hydrogen) atoms. The topological polar surface area (TPSA) is 18.1 Å². The van der Waals surface area contributed by atoms with Gasteiger partial charge in [0.05, 0.1) is 5.69 Å². The van der Waals surface area contributed by atoms with Crippen molar-refractivity contribution in [3.8, 4) is 5.69 Å². The molecule has 2 nitrogen and oxygen atoms in total. The molecule has 0 N–H and O–H groups in total. The molecule has 0 saturated heterocycles. The van der Waals surface area contributed by atoms with Crippen molar-refractivity contribution < 1.29 is 4.42 Å². The molecule has 0 bridgehead atoms. The Morgan fingerprint density at radius 3 is 2.57 bits per heavy atom. The Hall–Kier alpha value is -2.48. The zero-order valence-corrected chi connectivity index (χ0v) is 12.1. The fourth-order valence-electron chi connectivity index (χ4n) is 3.79. The van der Waals surface area contributed by atoms with Crippen molar-refractivity contribution in [3.63, 3.8) is 0 Å². The van der Waals surface area contributed by atoms with Gasteiger partial charge in [0.15, 0.2) is 5.58 Å². The standard InChI is InChI=1S/C19H15NO/c1-19(2)14-8-4-5-9-15(14)20-11-13-12-7-3-6-10-16(12)21-17(13)18(19)20/h3-11H,1-2H3. The Kier molecular flexibility index (Phi) is 1.81. The first-order valence-electron chi connectivity index (χ1n) is 7.31. The van der Waals surface area contributed by atoms with Crippen LogP contribution in [0.5, 0.6) is 0 Å². The molecule has 0 aliphatic carbocycles. The maximum atomic E-state index is 6.18. The molecule has 3 heterocycles. The molecule has 2 aromatic carbocycles. The van der Waals surface area contributed by atoms with E-state index in [1.54, 1.807) is 0 Å². The van der Waals surface area contributed by atoms with E-state index >= 15 is 0 Å². The fraction of sp³-hybridized carbons (Fsp3) is 0.158. The number of hydrogen-bond acceptors (Lipinski definition) is 1. The number of aromatic nitrogens is 1. The van der Waals surface area contributed by atoms with Gasteiger partial charge in [0.1, 0.15) is 5.58 Å². The molecule has 1 aliphatic rings. The first kappa shape index (κ1) is 11.2. The molecule has 2 heteroatoms. The number of para-hydroxylation sites is 2. The minimum atomic E-state index is -0.0355. The van der Waals surface area contributed by atoms with Gasteiger partial charge in [-0.3, -0.25) is 0 Å². The maximum absolute atomic E-state index is 6.18. The molecular weight excluding hydrogens is 258 g/mol. The number of rotatable bonds is 0. The summed E-state index contributed by atoms with van der Waals surface area (Å²) in [6.45, 7) is 4.55. The Labute approximate surface area is 122 Å². The molecule has 2 aromatic heterocycles. The Morgan fingerprint density at radius 2 is 1.67 bits per heavy atom. The zero-order chi connectivity index (χ0) is 14.2. The number of benzene rings is 2. The second-order valence-electron chi connectivity index (χ2n) is 6.33. The summed E-state index contributed by atoms with van der Waals surface area (Å²) in [5.41, 5.74) is 5.85. The van der Waals surface area contributed by atoms with Gasteiger partial charge in [-0.2, -0.15) is 0 Å². The van der Waals surface area contributed by atoms with E-state index in [-0.39, 0.29) is 5.41 Å². The Bertz CT molecular complexity index is 1020. The quantitative estimate of drug-likeness (QED) is 0.440. The predicted octanol–water partition coefficient (Wildman–Crippen LogP) is 5.02. The second-order valence-corrected chi connectivity index (χ2v) is 6.33. The summed E-state index contributed by atoms with van der Waals surface area (Å²) in [5.74, 6) is 0.